The Hall–Kier alpha value is 0.857. The minimum absolute atomic E-state index is 0. The van der Waals surface area contributed by atoms with Gasteiger partial charge in [-0.1, -0.05) is 0 Å². The van der Waals surface area contributed by atoms with Crippen LogP contribution in [0.3, 0.4) is 0 Å². The van der Waals surface area contributed by atoms with E-state index in [2.05, 4.69) is 12.7 Å². The van der Waals surface area contributed by atoms with Gasteiger partial charge in [-0.15, -0.1) is 0 Å². The first-order chi connectivity index (χ1) is 1.41. The number of hydrogen-bond acceptors (Lipinski definition) is 0. The van der Waals surface area contributed by atoms with Crippen molar-refractivity contribution in [1.29, 1.82) is 0 Å². The van der Waals surface area contributed by atoms with E-state index in [1.54, 1.807) is 6.92 Å². The molecule has 0 aromatic rings. The minimum atomic E-state index is 0. The van der Waals surface area contributed by atoms with Gasteiger partial charge in [0.1, 0.15) is 0 Å². The fraction of sp³-hybridized carbons (Fsp3) is 0.333. The van der Waals surface area contributed by atoms with E-state index < -0.39 is 0 Å². The molecule has 0 unspecified atom stereocenters. The summed E-state index contributed by atoms with van der Waals surface area (Å²) in [4.78, 5) is 0. The van der Waals surface area contributed by atoms with Crippen molar-refractivity contribution in [2.75, 3.05) is 0 Å². The van der Waals surface area contributed by atoms with Crippen molar-refractivity contribution in [2.24, 2.45) is 0 Å². The zero-order valence-electron chi connectivity index (χ0n) is 3.51. The van der Waals surface area contributed by atoms with Gasteiger partial charge in [0.25, 0.3) is 0 Å². The van der Waals surface area contributed by atoms with Crippen LogP contribution in [-0.4, -0.2) is 18.9 Å². The quantitative estimate of drug-likeness (QED) is 0.318. The number of allylic oxidation sites excluding steroid dienone is 1. The monoisotopic (exact) mass is 111 g/mol. The van der Waals surface area contributed by atoms with E-state index >= 15 is 0 Å². The second kappa shape index (κ2) is 21.0. The molecule has 0 aliphatic carbocycles. The van der Waals surface area contributed by atoms with Crippen LogP contribution in [0.25, 0.3) is 0 Å². The summed E-state index contributed by atoms with van der Waals surface area (Å²) >= 11 is 0. The summed E-state index contributed by atoms with van der Waals surface area (Å²) in [5.41, 5.74) is 0. The van der Waals surface area contributed by atoms with Gasteiger partial charge < -0.3 is 6.08 Å². The summed E-state index contributed by atoms with van der Waals surface area (Å²) in [5, 5.41) is 0. The van der Waals surface area contributed by atoms with Crippen LogP contribution in [0.1, 0.15) is 6.92 Å². The molecule has 0 rings (SSSR count). The minimum Gasteiger partial charge on any atom is -0.507 e. The number of hydrogen-bond donors (Lipinski definition) is 0. The standard InChI is InChI=1S/C3H5.Cu.Li/c1-3-2;;/h1H2,2H3;;/q-1;+1;. The zero-order valence-corrected chi connectivity index (χ0v) is 4.45. The fourth-order valence-corrected chi connectivity index (χ4v) is 0. The third kappa shape index (κ3) is 54.0. The molecular formula is C3H5CuLi. The summed E-state index contributed by atoms with van der Waals surface area (Å²) in [6, 6.07) is 0. The molecule has 0 amide bonds. The second-order valence-corrected chi connectivity index (χ2v) is 0.354. The molecule has 1 radical (unpaired) electrons. The Morgan fingerprint density at radius 2 is 1.60 bits per heavy atom. The van der Waals surface area contributed by atoms with E-state index in [9.17, 15) is 0 Å². The molecule has 0 N–H and O–H groups in total. The van der Waals surface area contributed by atoms with E-state index in [0.717, 1.165) is 0 Å². The van der Waals surface area contributed by atoms with Gasteiger partial charge in [0, 0.05) is 18.9 Å². The van der Waals surface area contributed by atoms with Gasteiger partial charge >= 0.3 is 17.1 Å². The molecule has 29 valence electrons. The Labute approximate surface area is 55.7 Å². The molecule has 0 aromatic carbocycles. The molecule has 0 heterocycles. The van der Waals surface area contributed by atoms with Crippen LogP contribution in [0, 0.1) is 6.08 Å². The molecule has 0 saturated heterocycles. The maximum atomic E-state index is 3.24. The topological polar surface area (TPSA) is 0 Å². The average Bonchev–Trinajstić information content (AvgIpc) is 0.918. The Morgan fingerprint density at radius 1 is 1.60 bits per heavy atom. The van der Waals surface area contributed by atoms with Crippen LogP contribution in [0.5, 0.6) is 0 Å². The third-order valence-corrected chi connectivity index (χ3v) is 0. The van der Waals surface area contributed by atoms with Gasteiger partial charge in [0.05, 0.1) is 0 Å². The van der Waals surface area contributed by atoms with Gasteiger partial charge in [0.15, 0.2) is 0 Å². The SMILES string of the molecule is C=[C-]C.[Cu+].[Li]. The van der Waals surface area contributed by atoms with Crippen molar-refractivity contribution in [1.82, 2.24) is 0 Å². The Kier molecular flexibility index (Phi) is 70.9. The van der Waals surface area contributed by atoms with Crippen molar-refractivity contribution in [3.05, 3.63) is 12.7 Å². The fourth-order valence-electron chi connectivity index (χ4n) is 0. The van der Waals surface area contributed by atoms with E-state index in [4.69, 9.17) is 0 Å². The van der Waals surface area contributed by atoms with Crippen LogP contribution in [0.2, 0.25) is 0 Å². The van der Waals surface area contributed by atoms with E-state index in [1.165, 1.54) is 0 Å². The molecule has 0 aliphatic heterocycles. The van der Waals surface area contributed by atoms with Crippen LogP contribution in [0.4, 0.5) is 0 Å². The Balaban J connectivity index is -0.0000000200. The average molecular weight is 112 g/mol. The Morgan fingerprint density at radius 3 is 1.60 bits per heavy atom. The smallest absolute Gasteiger partial charge is 0.507 e. The molecule has 0 aliphatic rings. The van der Waals surface area contributed by atoms with Gasteiger partial charge in [-0.2, -0.15) is 6.92 Å². The molecule has 0 saturated carbocycles. The maximum Gasteiger partial charge on any atom is 1.00 e. The predicted octanol–water partition coefficient (Wildman–Crippen LogP) is 0.612. The summed E-state index contributed by atoms with van der Waals surface area (Å²) in [5.74, 6) is 0. The second-order valence-electron chi connectivity index (χ2n) is 0.354. The summed E-state index contributed by atoms with van der Waals surface area (Å²) in [7, 11) is 0. The van der Waals surface area contributed by atoms with Crippen molar-refractivity contribution in [2.45, 2.75) is 6.92 Å². The van der Waals surface area contributed by atoms with Crippen molar-refractivity contribution >= 4 is 18.9 Å². The van der Waals surface area contributed by atoms with E-state index in [0.29, 0.717) is 0 Å². The molecule has 0 bridgehead atoms. The summed E-state index contributed by atoms with van der Waals surface area (Å²) < 4.78 is 0. The van der Waals surface area contributed by atoms with E-state index in [-0.39, 0.29) is 35.9 Å². The molecule has 0 aromatic heterocycles. The van der Waals surface area contributed by atoms with Crippen LogP contribution >= 0.6 is 0 Å². The molecule has 0 spiro atoms. The normalized spacial score (nSPS) is 2.60. The van der Waals surface area contributed by atoms with Crippen molar-refractivity contribution in [3.8, 4) is 0 Å². The first kappa shape index (κ1) is 16.9. The van der Waals surface area contributed by atoms with E-state index in [1.807, 2.05) is 0 Å². The maximum absolute atomic E-state index is 3.24. The molecule has 0 nitrogen and oxygen atoms in total. The van der Waals surface area contributed by atoms with Gasteiger partial charge in [-0.25, -0.2) is 0 Å². The van der Waals surface area contributed by atoms with Crippen molar-refractivity contribution in [3.63, 3.8) is 0 Å². The van der Waals surface area contributed by atoms with Crippen LogP contribution in [0.15, 0.2) is 6.58 Å². The van der Waals surface area contributed by atoms with Crippen LogP contribution in [-0.2, 0) is 17.1 Å². The third-order valence-electron chi connectivity index (χ3n) is 0. The molecule has 0 fully saturated rings. The van der Waals surface area contributed by atoms with Gasteiger partial charge in [-0.3, -0.25) is 6.58 Å². The summed E-state index contributed by atoms with van der Waals surface area (Å²) in [6.45, 7) is 5.00. The van der Waals surface area contributed by atoms with Gasteiger partial charge in [-0.05, 0) is 0 Å². The van der Waals surface area contributed by atoms with Crippen molar-refractivity contribution < 1.29 is 17.1 Å². The van der Waals surface area contributed by atoms with Gasteiger partial charge in [0.2, 0.25) is 0 Å². The molecule has 5 heavy (non-hydrogen) atoms. The molecule has 0 atom stereocenters. The zero-order chi connectivity index (χ0) is 2.71. The first-order valence-corrected chi connectivity index (χ1v) is 0.854. The predicted molar refractivity (Wildman–Crippen MR) is 20.3 cm³/mol. The largest absolute Gasteiger partial charge is 1.00 e. The number of rotatable bonds is 0. The first-order valence-electron chi connectivity index (χ1n) is 0.854. The molecular weight excluding hydrogens is 107 g/mol. The Bertz CT molecular complexity index is 14.4. The molecule has 2 heteroatoms. The van der Waals surface area contributed by atoms with Crippen LogP contribution < -0.4 is 0 Å². The summed E-state index contributed by atoms with van der Waals surface area (Å²) in [6.07, 6.45) is 2.50.